The molecule has 0 unspecified atom stereocenters. The zero-order valence-corrected chi connectivity index (χ0v) is 14.1. The average molecular weight is 350 g/mol. The second kappa shape index (κ2) is 7.57. The third-order valence-corrected chi connectivity index (χ3v) is 3.80. The van der Waals surface area contributed by atoms with E-state index in [4.69, 9.17) is 4.74 Å². The predicted molar refractivity (Wildman–Crippen MR) is 99.5 cm³/mol. The van der Waals surface area contributed by atoms with E-state index < -0.39 is 12.0 Å². The van der Waals surface area contributed by atoms with E-state index in [9.17, 15) is 15.0 Å². The first-order valence-electron chi connectivity index (χ1n) is 8.03. The molecule has 0 saturated heterocycles. The number of rotatable bonds is 5. The van der Waals surface area contributed by atoms with Crippen LogP contribution in [0.3, 0.4) is 0 Å². The van der Waals surface area contributed by atoms with Crippen molar-refractivity contribution in [2.24, 2.45) is 5.10 Å². The number of nitrogens with one attached hydrogen (secondary N) is 1. The fourth-order valence-corrected chi connectivity index (χ4v) is 2.40. The summed E-state index contributed by atoms with van der Waals surface area (Å²) in [5.41, 5.74) is 2.73. The van der Waals surface area contributed by atoms with Gasteiger partial charge < -0.3 is 14.9 Å². The minimum Gasteiger partial charge on any atom is -0.508 e. The van der Waals surface area contributed by atoms with E-state index in [1.54, 1.807) is 6.92 Å². The molecule has 3 rings (SSSR count). The van der Waals surface area contributed by atoms with Gasteiger partial charge in [-0.1, -0.05) is 30.3 Å². The van der Waals surface area contributed by atoms with Crippen molar-refractivity contribution in [2.45, 2.75) is 13.0 Å². The fraction of sp³-hybridized carbons (Fsp3) is 0.100. The number of hydrazone groups is 1. The highest BCUT2D eigenvalue weighted by Crippen LogP contribution is 2.22. The van der Waals surface area contributed by atoms with E-state index in [1.807, 2.05) is 42.5 Å². The number of carbonyl (C=O) groups is 1. The van der Waals surface area contributed by atoms with Gasteiger partial charge in [-0.2, -0.15) is 5.10 Å². The molecule has 0 spiro atoms. The number of amides is 1. The van der Waals surface area contributed by atoms with Gasteiger partial charge in [0.2, 0.25) is 0 Å². The van der Waals surface area contributed by atoms with Crippen LogP contribution in [-0.2, 0) is 4.79 Å². The lowest BCUT2D eigenvalue weighted by molar-refractivity contribution is -0.127. The van der Waals surface area contributed by atoms with Crippen molar-refractivity contribution in [2.75, 3.05) is 0 Å². The lowest BCUT2D eigenvalue weighted by Crippen LogP contribution is -2.33. The first kappa shape index (κ1) is 17.3. The molecule has 0 heterocycles. The highest BCUT2D eigenvalue weighted by Gasteiger charge is 2.14. The largest absolute Gasteiger partial charge is 0.508 e. The summed E-state index contributed by atoms with van der Waals surface area (Å²) in [5.74, 6) is -0.0243. The molecule has 26 heavy (non-hydrogen) atoms. The summed E-state index contributed by atoms with van der Waals surface area (Å²) in [7, 11) is 0. The van der Waals surface area contributed by atoms with Crippen LogP contribution in [-0.4, -0.2) is 28.4 Å². The molecule has 0 radical (unpaired) electrons. The zero-order valence-electron chi connectivity index (χ0n) is 14.1. The number of ether oxygens (including phenoxy) is 1. The van der Waals surface area contributed by atoms with E-state index in [1.165, 1.54) is 24.4 Å². The number of phenolic OH excluding ortho intramolecular Hbond substituents is 2. The molecule has 0 saturated carbocycles. The first-order valence-corrected chi connectivity index (χ1v) is 8.03. The second-order valence-corrected chi connectivity index (χ2v) is 5.75. The summed E-state index contributed by atoms with van der Waals surface area (Å²) in [6, 6.07) is 17.6. The van der Waals surface area contributed by atoms with Gasteiger partial charge in [0, 0.05) is 11.6 Å². The van der Waals surface area contributed by atoms with Crippen LogP contribution in [0, 0.1) is 0 Å². The van der Waals surface area contributed by atoms with Crippen LogP contribution >= 0.6 is 0 Å². The van der Waals surface area contributed by atoms with Crippen LogP contribution in [0.5, 0.6) is 17.2 Å². The van der Waals surface area contributed by atoms with Crippen molar-refractivity contribution in [3.05, 3.63) is 66.2 Å². The average Bonchev–Trinajstić information content (AvgIpc) is 2.63. The standard InChI is InChI=1S/C20H18N2O4/c1-13(26-18-9-7-14-4-2-3-5-15(14)10-18)20(25)22-21-12-16-6-8-17(23)11-19(16)24/h2-13,23-24H,1H3,(H,22,25)/b21-12+/t13-/m1/s1. The minimum atomic E-state index is -0.748. The molecule has 6 nitrogen and oxygen atoms in total. The van der Waals surface area contributed by atoms with Crippen LogP contribution in [0.15, 0.2) is 65.8 Å². The van der Waals surface area contributed by atoms with E-state index in [-0.39, 0.29) is 11.5 Å². The third-order valence-electron chi connectivity index (χ3n) is 3.80. The van der Waals surface area contributed by atoms with E-state index in [2.05, 4.69) is 10.5 Å². The molecule has 3 N–H and O–H groups in total. The van der Waals surface area contributed by atoms with Crippen molar-refractivity contribution in [3.8, 4) is 17.2 Å². The van der Waals surface area contributed by atoms with Gasteiger partial charge in [0.25, 0.3) is 5.91 Å². The molecule has 0 aliphatic heterocycles. The molecular formula is C20H18N2O4. The van der Waals surface area contributed by atoms with Gasteiger partial charge in [-0.25, -0.2) is 5.43 Å². The third kappa shape index (κ3) is 4.10. The smallest absolute Gasteiger partial charge is 0.280 e. The number of fused-ring (bicyclic) bond motifs is 1. The van der Waals surface area contributed by atoms with Crippen LogP contribution in [0.1, 0.15) is 12.5 Å². The normalized spacial score (nSPS) is 12.2. The molecule has 6 heteroatoms. The Morgan fingerprint density at radius 2 is 1.85 bits per heavy atom. The Hall–Kier alpha value is -3.54. The van der Waals surface area contributed by atoms with Gasteiger partial charge in [-0.05, 0) is 42.0 Å². The SMILES string of the molecule is C[C@@H](Oc1ccc2ccccc2c1)C(=O)N/N=C/c1ccc(O)cc1O. The van der Waals surface area contributed by atoms with Crippen molar-refractivity contribution < 1.29 is 19.7 Å². The summed E-state index contributed by atoms with van der Waals surface area (Å²) in [5, 5.41) is 24.8. The van der Waals surface area contributed by atoms with Crippen LogP contribution in [0.2, 0.25) is 0 Å². The van der Waals surface area contributed by atoms with E-state index >= 15 is 0 Å². The molecule has 0 bridgehead atoms. The Morgan fingerprint density at radius 3 is 2.62 bits per heavy atom. The highest BCUT2D eigenvalue weighted by atomic mass is 16.5. The molecule has 3 aromatic rings. The quantitative estimate of drug-likeness (QED) is 0.487. The molecular weight excluding hydrogens is 332 g/mol. The highest BCUT2D eigenvalue weighted by molar-refractivity contribution is 5.87. The van der Waals surface area contributed by atoms with Crippen molar-refractivity contribution in [1.82, 2.24) is 5.43 Å². The Kier molecular flexibility index (Phi) is 5.03. The maximum absolute atomic E-state index is 12.1. The van der Waals surface area contributed by atoms with Crippen molar-refractivity contribution in [3.63, 3.8) is 0 Å². The Labute approximate surface area is 150 Å². The van der Waals surface area contributed by atoms with Crippen LogP contribution in [0.25, 0.3) is 10.8 Å². The minimum absolute atomic E-state index is 0.0545. The molecule has 0 aliphatic carbocycles. The monoisotopic (exact) mass is 350 g/mol. The molecule has 0 fully saturated rings. The van der Waals surface area contributed by atoms with Gasteiger partial charge in [-0.15, -0.1) is 0 Å². The van der Waals surface area contributed by atoms with Gasteiger partial charge in [-0.3, -0.25) is 4.79 Å². The molecule has 0 aliphatic rings. The number of hydrogen-bond acceptors (Lipinski definition) is 5. The number of benzene rings is 3. The van der Waals surface area contributed by atoms with Gasteiger partial charge in [0.05, 0.1) is 6.21 Å². The lowest BCUT2D eigenvalue weighted by atomic mass is 10.1. The molecule has 1 atom stereocenters. The van der Waals surface area contributed by atoms with Crippen LogP contribution < -0.4 is 10.2 Å². The molecule has 132 valence electrons. The summed E-state index contributed by atoms with van der Waals surface area (Å²) in [6.45, 7) is 1.62. The first-order chi connectivity index (χ1) is 12.5. The summed E-state index contributed by atoms with van der Waals surface area (Å²) in [6.07, 6.45) is 0.539. The number of phenols is 2. The Balaban J connectivity index is 1.60. The van der Waals surface area contributed by atoms with Gasteiger partial charge in [0.1, 0.15) is 17.2 Å². The molecule has 3 aromatic carbocycles. The Morgan fingerprint density at radius 1 is 1.08 bits per heavy atom. The van der Waals surface area contributed by atoms with Crippen molar-refractivity contribution in [1.29, 1.82) is 0 Å². The fourth-order valence-electron chi connectivity index (χ4n) is 2.40. The molecule has 0 aromatic heterocycles. The van der Waals surface area contributed by atoms with E-state index in [0.717, 1.165) is 10.8 Å². The number of carbonyl (C=O) groups excluding carboxylic acids is 1. The Bertz CT molecular complexity index is 969. The second-order valence-electron chi connectivity index (χ2n) is 5.75. The number of hydrogen-bond donors (Lipinski definition) is 3. The zero-order chi connectivity index (χ0) is 18.5. The number of nitrogens with zero attached hydrogens (tertiary/aromatic N) is 1. The number of aromatic hydroxyl groups is 2. The lowest BCUT2D eigenvalue weighted by Gasteiger charge is -2.13. The van der Waals surface area contributed by atoms with Gasteiger partial charge in [0.15, 0.2) is 6.10 Å². The summed E-state index contributed by atoms with van der Waals surface area (Å²) in [4.78, 5) is 12.1. The summed E-state index contributed by atoms with van der Waals surface area (Å²) >= 11 is 0. The topological polar surface area (TPSA) is 91.2 Å². The summed E-state index contributed by atoms with van der Waals surface area (Å²) < 4.78 is 5.66. The maximum Gasteiger partial charge on any atom is 0.280 e. The molecule has 1 amide bonds. The maximum atomic E-state index is 12.1. The predicted octanol–water partition coefficient (Wildman–Crippen LogP) is 3.17. The van der Waals surface area contributed by atoms with Crippen LogP contribution in [0.4, 0.5) is 0 Å². The van der Waals surface area contributed by atoms with Gasteiger partial charge >= 0.3 is 0 Å². The van der Waals surface area contributed by atoms with E-state index in [0.29, 0.717) is 11.3 Å². The van der Waals surface area contributed by atoms with Crippen molar-refractivity contribution >= 4 is 22.9 Å².